The van der Waals surface area contributed by atoms with Crippen LogP contribution >= 0.6 is 0 Å². The third-order valence-electron chi connectivity index (χ3n) is 2.83. The minimum atomic E-state index is 0.449. The van der Waals surface area contributed by atoms with Gasteiger partial charge in [0.15, 0.2) is 5.96 Å². The maximum Gasteiger partial charge on any atom is 0.188 e. The monoisotopic (exact) mass is 243 g/mol. The zero-order valence-electron chi connectivity index (χ0n) is 10.6. The lowest BCUT2D eigenvalue weighted by atomic mass is 10.1. The summed E-state index contributed by atoms with van der Waals surface area (Å²) in [6, 6.07) is 12.3. The van der Waals surface area contributed by atoms with Crippen LogP contribution in [0.1, 0.15) is 5.56 Å². The van der Waals surface area contributed by atoms with Crippen molar-refractivity contribution in [1.82, 2.24) is 5.32 Å². The standard InChI is InChI=1S/C14H17N3O/c1-16-14(15)17-9-10-3-4-12-8-13(18-2)6-5-11(12)7-10/h3-8H,9H2,1-2H3,(H3,15,16,17). The molecule has 2 aromatic rings. The van der Waals surface area contributed by atoms with Crippen LogP contribution in [-0.2, 0) is 6.54 Å². The lowest BCUT2D eigenvalue weighted by Crippen LogP contribution is -2.30. The summed E-state index contributed by atoms with van der Waals surface area (Å²) in [6.07, 6.45) is 0. The number of hydrogen-bond donors (Lipinski definition) is 2. The molecule has 0 aliphatic carbocycles. The first-order valence-electron chi connectivity index (χ1n) is 5.76. The van der Waals surface area contributed by atoms with Crippen LogP contribution in [0.2, 0.25) is 0 Å². The van der Waals surface area contributed by atoms with Crippen LogP contribution in [-0.4, -0.2) is 20.1 Å². The van der Waals surface area contributed by atoms with E-state index in [1.165, 1.54) is 10.9 Å². The molecular formula is C14H17N3O. The number of aliphatic imine (C=N–C) groups is 1. The Morgan fingerprint density at radius 2 is 1.94 bits per heavy atom. The molecule has 0 spiro atoms. The van der Waals surface area contributed by atoms with E-state index >= 15 is 0 Å². The van der Waals surface area contributed by atoms with Crippen LogP contribution in [0.3, 0.4) is 0 Å². The number of hydrogen-bond acceptors (Lipinski definition) is 2. The number of nitrogens with one attached hydrogen (secondary N) is 1. The molecule has 3 N–H and O–H groups in total. The number of nitrogens with zero attached hydrogens (tertiary/aromatic N) is 1. The minimum absolute atomic E-state index is 0.449. The lowest BCUT2D eigenvalue weighted by Gasteiger charge is -2.07. The van der Waals surface area contributed by atoms with Crippen LogP contribution < -0.4 is 15.8 Å². The fourth-order valence-corrected chi connectivity index (χ4v) is 1.78. The summed E-state index contributed by atoms with van der Waals surface area (Å²) in [5.41, 5.74) is 6.76. The molecule has 2 rings (SSSR count). The van der Waals surface area contributed by atoms with E-state index in [0.717, 1.165) is 11.1 Å². The smallest absolute Gasteiger partial charge is 0.188 e. The van der Waals surface area contributed by atoms with E-state index in [9.17, 15) is 0 Å². The van der Waals surface area contributed by atoms with E-state index in [1.807, 2.05) is 12.1 Å². The van der Waals surface area contributed by atoms with Crippen molar-refractivity contribution in [3.63, 3.8) is 0 Å². The van der Waals surface area contributed by atoms with Crippen molar-refractivity contribution in [2.24, 2.45) is 10.7 Å². The van der Waals surface area contributed by atoms with Gasteiger partial charge in [0.25, 0.3) is 0 Å². The number of rotatable bonds is 3. The predicted octanol–water partition coefficient (Wildman–Crippen LogP) is 1.88. The van der Waals surface area contributed by atoms with E-state index in [-0.39, 0.29) is 0 Å². The van der Waals surface area contributed by atoms with Crippen LogP contribution in [0, 0.1) is 0 Å². The fourth-order valence-electron chi connectivity index (χ4n) is 1.78. The van der Waals surface area contributed by atoms with Gasteiger partial charge >= 0.3 is 0 Å². The number of benzene rings is 2. The molecule has 2 aromatic carbocycles. The molecule has 0 radical (unpaired) electrons. The Morgan fingerprint density at radius 1 is 1.22 bits per heavy atom. The molecule has 0 heterocycles. The van der Waals surface area contributed by atoms with Crippen molar-refractivity contribution in [2.75, 3.05) is 14.2 Å². The largest absolute Gasteiger partial charge is 0.497 e. The van der Waals surface area contributed by atoms with E-state index in [4.69, 9.17) is 10.5 Å². The third kappa shape index (κ3) is 2.71. The Balaban J connectivity index is 2.22. The Labute approximate surface area is 106 Å². The summed E-state index contributed by atoms with van der Waals surface area (Å²) in [7, 11) is 3.33. The number of nitrogens with two attached hydrogens (primary N) is 1. The highest BCUT2D eigenvalue weighted by Crippen LogP contribution is 2.21. The maximum absolute atomic E-state index is 5.59. The van der Waals surface area contributed by atoms with Crippen molar-refractivity contribution in [1.29, 1.82) is 0 Å². The van der Waals surface area contributed by atoms with Crippen molar-refractivity contribution in [2.45, 2.75) is 6.54 Å². The zero-order chi connectivity index (χ0) is 13.0. The van der Waals surface area contributed by atoms with Crippen LogP contribution in [0.5, 0.6) is 5.75 Å². The number of ether oxygens (including phenoxy) is 1. The maximum atomic E-state index is 5.59. The quantitative estimate of drug-likeness (QED) is 0.639. The summed E-state index contributed by atoms with van der Waals surface area (Å²) in [4.78, 5) is 3.86. The average Bonchev–Trinajstić information content (AvgIpc) is 2.43. The second-order valence-electron chi connectivity index (χ2n) is 4.01. The van der Waals surface area contributed by atoms with Gasteiger partial charge in [0.2, 0.25) is 0 Å². The Hall–Kier alpha value is -2.23. The molecule has 0 amide bonds. The second-order valence-corrected chi connectivity index (χ2v) is 4.01. The second kappa shape index (κ2) is 5.40. The van der Waals surface area contributed by atoms with Crippen LogP contribution in [0.4, 0.5) is 0 Å². The summed E-state index contributed by atoms with van der Waals surface area (Å²) in [5, 5.41) is 5.38. The zero-order valence-corrected chi connectivity index (χ0v) is 10.6. The van der Waals surface area contributed by atoms with Gasteiger partial charge in [0.05, 0.1) is 7.11 Å². The summed E-state index contributed by atoms with van der Waals surface area (Å²) in [6.45, 7) is 0.672. The molecule has 0 unspecified atom stereocenters. The topological polar surface area (TPSA) is 59.6 Å². The molecule has 0 aliphatic heterocycles. The Kier molecular flexibility index (Phi) is 3.67. The summed E-state index contributed by atoms with van der Waals surface area (Å²) < 4.78 is 5.20. The van der Waals surface area contributed by atoms with Gasteiger partial charge in [-0.25, -0.2) is 0 Å². The van der Waals surface area contributed by atoms with Gasteiger partial charge in [-0.1, -0.05) is 18.2 Å². The molecular weight excluding hydrogens is 226 g/mol. The van der Waals surface area contributed by atoms with E-state index in [0.29, 0.717) is 12.5 Å². The van der Waals surface area contributed by atoms with Gasteiger partial charge in [-0.05, 0) is 34.5 Å². The van der Waals surface area contributed by atoms with Crippen molar-refractivity contribution < 1.29 is 4.74 Å². The van der Waals surface area contributed by atoms with Gasteiger partial charge in [-0.15, -0.1) is 0 Å². The first-order chi connectivity index (χ1) is 8.72. The molecule has 0 bridgehead atoms. The molecule has 4 nitrogen and oxygen atoms in total. The highest BCUT2D eigenvalue weighted by Gasteiger charge is 1.99. The molecule has 0 fully saturated rings. The molecule has 0 atom stereocenters. The van der Waals surface area contributed by atoms with Gasteiger partial charge in [-0.3, -0.25) is 4.99 Å². The predicted molar refractivity (Wildman–Crippen MR) is 74.9 cm³/mol. The minimum Gasteiger partial charge on any atom is -0.497 e. The molecule has 18 heavy (non-hydrogen) atoms. The van der Waals surface area contributed by atoms with Crippen molar-refractivity contribution in [3.8, 4) is 5.75 Å². The summed E-state index contributed by atoms with van der Waals surface area (Å²) in [5.74, 6) is 1.32. The van der Waals surface area contributed by atoms with Crippen molar-refractivity contribution in [3.05, 3.63) is 42.0 Å². The van der Waals surface area contributed by atoms with E-state index < -0.39 is 0 Å². The number of guanidine groups is 1. The highest BCUT2D eigenvalue weighted by molar-refractivity contribution is 5.84. The first kappa shape index (κ1) is 12.2. The number of fused-ring (bicyclic) bond motifs is 1. The first-order valence-corrected chi connectivity index (χ1v) is 5.76. The van der Waals surface area contributed by atoms with E-state index in [2.05, 4.69) is 34.6 Å². The van der Waals surface area contributed by atoms with Crippen LogP contribution in [0.25, 0.3) is 10.8 Å². The molecule has 4 heteroatoms. The normalized spacial score (nSPS) is 11.6. The molecule has 0 aromatic heterocycles. The van der Waals surface area contributed by atoms with Gasteiger partial charge in [0.1, 0.15) is 5.75 Å². The van der Waals surface area contributed by atoms with Gasteiger partial charge < -0.3 is 15.8 Å². The van der Waals surface area contributed by atoms with Crippen molar-refractivity contribution >= 4 is 16.7 Å². The van der Waals surface area contributed by atoms with Gasteiger partial charge in [-0.2, -0.15) is 0 Å². The van der Waals surface area contributed by atoms with Gasteiger partial charge in [0, 0.05) is 13.6 Å². The summed E-state index contributed by atoms with van der Waals surface area (Å²) >= 11 is 0. The molecule has 94 valence electrons. The molecule has 0 aliphatic rings. The van der Waals surface area contributed by atoms with Crippen LogP contribution in [0.15, 0.2) is 41.4 Å². The number of methoxy groups -OCH3 is 1. The van der Waals surface area contributed by atoms with E-state index in [1.54, 1.807) is 14.2 Å². The average molecular weight is 243 g/mol. The fraction of sp³-hybridized carbons (Fsp3) is 0.214. The molecule has 0 saturated heterocycles. The Morgan fingerprint density at radius 3 is 2.67 bits per heavy atom. The third-order valence-corrected chi connectivity index (χ3v) is 2.83. The Bertz CT molecular complexity index is 578. The molecule has 0 saturated carbocycles. The SMILES string of the molecule is CN=C(N)NCc1ccc2cc(OC)ccc2c1. The highest BCUT2D eigenvalue weighted by atomic mass is 16.5. The lowest BCUT2D eigenvalue weighted by molar-refractivity contribution is 0.415.